The van der Waals surface area contributed by atoms with Gasteiger partial charge in [0.15, 0.2) is 0 Å². The third kappa shape index (κ3) is 3.20. The minimum absolute atomic E-state index is 0.140. The average Bonchev–Trinajstić information content (AvgIpc) is 2.10. The van der Waals surface area contributed by atoms with Crippen LogP contribution < -0.4 is 0 Å². The van der Waals surface area contributed by atoms with Gasteiger partial charge in [-0.05, 0) is 5.56 Å². The Balaban J connectivity index is 0.000000371. The summed E-state index contributed by atoms with van der Waals surface area (Å²) < 4.78 is 9.50. The van der Waals surface area contributed by atoms with Crippen molar-refractivity contribution in [1.82, 2.24) is 0 Å². The molecule has 1 N–H and O–H groups in total. The molecule has 0 aliphatic heterocycles. The van der Waals surface area contributed by atoms with Crippen LogP contribution in [0.4, 0.5) is 4.39 Å². The first-order valence-corrected chi connectivity index (χ1v) is 2.96. The van der Waals surface area contributed by atoms with E-state index in [9.17, 15) is 4.39 Å². The number of aliphatic hydroxyl groups is 1. The van der Waals surface area contributed by atoms with Gasteiger partial charge in [-0.3, -0.25) is 4.39 Å². The predicted octanol–water partition coefficient (Wildman–Crippen LogP) is 1.76. The molecule has 10 heavy (non-hydrogen) atoms. The van der Waals surface area contributed by atoms with E-state index < -0.39 is 0 Å². The minimum Gasteiger partial charge on any atom is -0.392 e. The van der Waals surface area contributed by atoms with Gasteiger partial charge in [-0.2, -0.15) is 0 Å². The lowest BCUT2D eigenvalue weighted by Crippen LogP contribution is -1.77. The molecule has 0 bridgehead atoms. The highest BCUT2D eigenvalue weighted by atomic mass is 19.1. The fourth-order valence-electron chi connectivity index (χ4n) is 0.583. The van der Waals surface area contributed by atoms with Gasteiger partial charge in [-0.15, -0.1) is 0 Å². The number of benzene rings is 1. The molecule has 0 saturated carbocycles. The van der Waals surface area contributed by atoms with Gasteiger partial charge in [-0.1, -0.05) is 30.3 Å². The summed E-state index contributed by atoms with van der Waals surface area (Å²) in [6, 6.07) is 9.52. The van der Waals surface area contributed by atoms with Crippen LogP contribution in [0.3, 0.4) is 0 Å². The van der Waals surface area contributed by atoms with Crippen LogP contribution in [-0.4, -0.2) is 12.3 Å². The molecule has 1 rings (SSSR count). The molecule has 0 aliphatic carbocycles. The first-order chi connectivity index (χ1) is 4.93. The zero-order chi connectivity index (χ0) is 7.82. The monoisotopic (exact) mass is 142 g/mol. The van der Waals surface area contributed by atoms with Crippen molar-refractivity contribution in [2.45, 2.75) is 6.61 Å². The van der Waals surface area contributed by atoms with Crippen molar-refractivity contribution in [2.75, 3.05) is 7.18 Å². The van der Waals surface area contributed by atoms with Crippen LogP contribution in [0.5, 0.6) is 0 Å². The highest BCUT2D eigenvalue weighted by Crippen LogP contribution is 1.95. The smallest absolute Gasteiger partial charge is 0.0785 e. The molecule has 0 fully saturated rings. The molecule has 0 aliphatic rings. The standard InChI is InChI=1S/C7H8O.CH3F/c8-6-7-4-2-1-3-5-7;1-2/h1-5,8H,6H2;1H3. The van der Waals surface area contributed by atoms with Gasteiger partial charge in [-0.25, -0.2) is 0 Å². The van der Waals surface area contributed by atoms with Crippen LogP contribution in [0.2, 0.25) is 0 Å². The summed E-state index contributed by atoms with van der Waals surface area (Å²) in [6.07, 6.45) is 0. The van der Waals surface area contributed by atoms with Gasteiger partial charge in [0.25, 0.3) is 0 Å². The minimum atomic E-state index is 0.140. The average molecular weight is 142 g/mol. The quantitative estimate of drug-likeness (QED) is 0.633. The maximum absolute atomic E-state index is 9.50. The fraction of sp³-hybridized carbons (Fsp3) is 0.250. The molecule has 0 radical (unpaired) electrons. The summed E-state index contributed by atoms with van der Waals surface area (Å²) >= 11 is 0. The van der Waals surface area contributed by atoms with Gasteiger partial charge in [0.05, 0.1) is 13.8 Å². The summed E-state index contributed by atoms with van der Waals surface area (Å²) in [4.78, 5) is 0. The summed E-state index contributed by atoms with van der Waals surface area (Å²) in [5.41, 5.74) is 0.965. The zero-order valence-electron chi connectivity index (χ0n) is 5.92. The molecule has 0 amide bonds. The fourth-order valence-corrected chi connectivity index (χ4v) is 0.583. The third-order valence-corrected chi connectivity index (χ3v) is 1.03. The normalized spacial score (nSPS) is 7.90. The van der Waals surface area contributed by atoms with E-state index in [0.717, 1.165) is 5.56 Å². The molecule has 1 aromatic rings. The maximum Gasteiger partial charge on any atom is 0.0785 e. The summed E-state index contributed by atoms with van der Waals surface area (Å²) in [6.45, 7) is 0.140. The van der Waals surface area contributed by atoms with E-state index in [4.69, 9.17) is 5.11 Å². The lowest BCUT2D eigenvalue weighted by Gasteiger charge is -1.89. The molecule has 0 atom stereocenters. The number of alkyl halides is 1. The Morgan fingerprint density at radius 2 is 1.70 bits per heavy atom. The Labute approximate surface area is 60.1 Å². The molecule has 0 heterocycles. The van der Waals surface area contributed by atoms with E-state index in [0.29, 0.717) is 7.18 Å². The first-order valence-electron chi connectivity index (χ1n) is 2.96. The topological polar surface area (TPSA) is 20.2 Å². The second kappa shape index (κ2) is 6.23. The summed E-state index contributed by atoms with van der Waals surface area (Å²) in [5.74, 6) is 0. The second-order valence-electron chi connectivity index (χ2n) is 1.64. The third-order valence-electron chi connectivity index (χ3n) is 1.03. The van der Waals surface area contributed by atoms with Crippen molar-refractivity contribution < 1.29 is 9.50 Å². The maximum atomic E-state index is 9.50. The number of hydrogen-bond acceptors (Lipinski definition) is 1. The van der Waals surface area contributed by atoms with E-state index in [-0.39, 0.29) is 6.61 Å². The van der Waals surface area contributed by atoms with Crippen molar-refractivity contribution in [2.24, 2.45) is 0 Å². The molecule has 56 valence electrons. The molecule has 0 spiro atoms. The van der Waals surface area contributed by atoms with E-state index in [1.165, 1.54) is 0 Å². The molecular weight excluding hydrogens is 131 g/mol. The van der Waals surface area contributed by atoms with Crippen LogP contribution in [-0.2, 0) is 6.61 Å². The zero-order valence-corrected chi connectivity index (χ0v) is 5.92. The highest BCUT2D eigenvalue weighted by molar-refractivity contribution is 5.12. The second-order valence-corrected chi connectivity index (χ2v) is 1.64. The number of hydrogen-bond donors (Lipinski definition) is 1. The van der Waals surface area contributed by atoms with Crippen molar-refractivity contribution in [3.05, 3.63) is 35.9 Å². The summed E-state index contributed by atoms with van der Waals surface area (Å²) in [7, 11) is 0.500. The van der Waals surface area contributed by atoms with Gasteiger partial charge < -0.3 is 5.11 Å². The molecule has 1 nitrogen and oxygen atoms in total. The van der Waals surface area contributed by atoms with Gasteiger partial charge in [0.2, 0.25) is 0 Å². The Bertz CT molecular complexity index is 151. The molecular formula is C8H11FO. The number of halogens is 1. The lowest BCUT2D eigenvalue weighted by atomic mass is 10.2. The van der Waals surface area contributed by atoms with E-state index in [1.807, 2.05) is 30.3 Å². The van der Waals surface area contributed by atoms with Gasteiger partial charge in [0.1, 0.15) is 0 Å². The Hall–Kier alpha value is -0.890. The predicted molar refractivity (Wildman–Crippen MR) is 39.4 cm³/mol. The molecule has 0 aromatic heterocycles. The van der Waals surface area contributed by atoms with Gasteiger partial charge in [0, 0.05) is 0 Å². The van der Waals surface area contributed by atoms with Crippen LogP contribution in [0, 0.1) is 0 Å². The molecule has 1 aromatic carbocycles. The van der Waals surface area contributed by atoms with E-state index in [1.54, 1.807) is 0 Å². The number of rotatable bonds is 1. The largest absolute Gasteiger partial charge is 0.392 e. The molecule has 0 saturated heterocycles. The van der Waals surface area contributed by atoms with Crippen LogP contribution in [0.25, 0.3) is 0 Å². The van der Waals surface area contributed by atoms with E-state index in [2.05, 4.69) is 0 Å². The van der Waals surface area contributed by atoms with Crippen LogP contribution >= 0.6 is 0 Å². The first kappa shape index (κ1) is 9.11. The van der Waals surface area contributed by atoms with Gasteiger partial charge >= 0.3 is 0 Å². The molecule has 0 unspecified atom stereocenters. The summed E-state index contributed by atoms with van der Waals surface area (Å²) in [5, 5.41) is 8.54. The Kier molecular flexibility index (Phi) is 5.68. The van der Waals surface area contributed by atoms with E-state index >= 15 is 0 Å². The number of aliphatic hydroxyl groups excluding tert-OH is 1. The van der Waals surface area contributed by atoms with Crippen molar-refractivity contribution in [1.29, 1.82) is 0 Å². The Morgan fingerprint density at radius 1 is 1.20 bits per heavy atom. The molecule has 2 heteroatoms. The SMILES string of the molecule is CF.OCc1ccccc1. The highest BCUT2D eigenvalue weighted by Gasteiger charge is 1.81. The van der Waals surface area contributed by atoms with Crippen LogP contribution in [0.15, 0.2) is 30.3 Å². The van der Waals surface area contributed by atoms with Crippen LogP contribution in [0.1, 0.15) is 5.56 Å². The van der Waals surface area contributed by atoms with Crippen molar-refractivity contribution in [3.8, 4) is 0 Å². The van der Waals surface area contributed by atoms with Crippen molar-refractivity contribution >= 4 is 0 Å². The van der Waals surface area contributed by atoms with Crippen molar-refractivity contribution in [3.63, 3.8) is 0 Å². The Morgan fingerprint density at radius 3 is 2.00 bits per heavy atom. The lowest BCUT2D eigenvalue weighted by molar-refractivity contribution is 0.282.